The molecule has 0 spiro atoms. The molecule has 2 aromatic carbocycles. The number of benzene rings is 2. The van der Waals surface area contributed by atoms with Crippen LogP contribution in [0.1, 0.15) is 49.0 Å². The van der Waals surface area contributed by atoms with Crippen molar-refractivity contribution >= 4 is 17.7 Å². The zero-order chi connectivity index (χ0) is 31.1. The molecule has 5 rings (SSSR count). The maximum atomic E-state index is 13.4. The zero-order valence-electron chi connectivity index (χ0n) is 25.5. The van der Waals surface area contributed by atoms with Crippen molar-refractivity contribution in [2.45, 2.75) is 58.4 Å². The van der Waals surface area contributed by atoms with E-state index in [1.807, 2.05) is 38.1 Å². The van der Waals surface area contributed by atoms with E-state index in [4.69, 9.17) is 14.2 Å². The van der Waals surface area contributed by atoms with Gasteiger partial charge < -0.3 is 29.3 Å². The summed E-state index contributed by atoms with van der Waals surface area (Å²) in [5.74, 6) is 1.24. The monoisotopic (exact) mass is 604 g/mol. The second kappa shape index (κ2) is 14.3. The van der Waals surface area contributed by atoms with E-state index in [0.29, 0.717) is 74.2 Å². The molecule has 0 saturated carbocycles. The van der Waals surface area contributed by atoms with Gasteiger partial charge in [-0.15, -0.1) is 0 Å². The van der Waals surface area contributed by atoms with Gasteiger partial charge in [-0.1, -0.05) is 26.0 Å². The van der Waals surface area contributed by atoms with E-state index < -0.39 is 6.10 Å². The zero-order valence-corrected chi connectivity index (χ0v) is 25.5. The van der Waals surface area contributed by atoms with Gasteiger partial charge in [-0.3, -0.25) is 19.1 Å². The molecule has 1 fully saturated rings. The summed E-state index contributed by atoms with van der Waals surface area (Å²) in [6.45, 7) is 6.16. The number of likely N-dealkylation sites (tertiary alicyclic amines) is 1. The number of fused-ring (bicyclic) bond motifs is 5. The first-order chi connectivity index (χ1) is 21.2. The molecule has 1 N–H and O–H groups in total. The number of nitrogens with zero attached hydrogens (tertiary/aromatic N) is 5. The normalized spacial score (nSPS) is 19.3. The van der Waals surface area contributed by atoms with Crippen molar-refractivity contribution in [2.75, 3.05) is 33.3 Å². The number of carbonyl (C=O) groups excluding carboxylic acids is 3. The van der Waals surface area contributed by atoms with Crippen LogP contribution in [0.5, 0.6) is 17.2 Å². The Kier molecular flexibility index (Phi) is 10.1. The Bertz CT molecular complexity index is 1440. The summed E-state index contributed by atoms with van der Waals surface area (Å²) in [7, 11) is 1.59. The van der Waals surface area contributed by atoms with Gasteiger partial charge in [-0.25, -0.2) is 4.98 Å². The van der Waals surface area contributed by atoms with Gasteiger partial charge in [-0.05, 0) is 48.6 Å². The van der Waals surface area contributed by atoms with Gasteiger partial charge in [0.05, 0.1) is 31.9 Å². The van der Waals surface area contributed by atoms with Crippen molar-refractivity contribution in [3.63, 3.8) is 0 Å². The summed E-state index contributed by atoms with van der Waals surface area (Å²) >= 11 is 0. The summed E-state index contributed by atoms with van der Waals surface area (Å²) in [5.41, 5.74) is 1.23. The molecule has 234 valence electrons. The van der Waals surface area contributed by atoms with E-state index in [2.05, 4.69) is 15.4 Å². The van der Waals surface area contributed by atoms with Crippen LogP contribution in [0.25, 0.3) is 0 Å². The second-order valence-corrected chi connectivity index (χ2v) is 11.7. The number of likely N-dealkylation sites (N-methyl/N-ethyl adjacent to an activating group) is 1. The fourth-order valence-corrected chi connectivity index (χ4v) is 5.27. The molecule has 0 unspecified atom stereocenters. The van der Waals surface area contributed by atoms with Crippen LogP contribution in [0, 0.1) is 5.92 Å². The first-order valence-electron chi connectivity index (χ1n) is 15.0. The highest BCUT2D eigenvalue weighted by Gasteiger charge is 2.33. The number of carbonyl (C=O) groups is 3. The highest BCUT2D eigenvalue weighted by atomic mass is 16.5. The lowest BCUT2D eigenvalue weighted by molar-refractivity contribution is -0.137. The molecule has 2 aliphatic heterocycles. The minimum Gasteiger partial charge on any atom is -0.493 e. The van der Waals surface area contributed by atoms with E-state index in [9.17, 15) is 14.4 Å². The van der Waals surface area contributed by atoms with E-state index >= 15 is 0 Å². The Labute approximate surface area is 257 Å². The van der Waals surface area contributed by atoms with Crippen LogP contribution in [0.3, 0.4) is 0 Å². The van der Waals surface area contributed by atoms with Crippen LogP contribution in [0.4, 0.5) is 0 Å². The van der Waals surface area contributed by atoms with E-state index in [1.54, 1.807) is 41.2 Å². The molecule has 12 nitrogen and oxygen atoms in total. The molecule has 44 heavy (non-hydrogen) atoms. The molecule has 4 bridgehead atoms. The fraction of sp³-hybridized carbons (Fsp3) is 0.469. The largest absolute Gasteiger partial charge is 0.493 e. The van der Waals surface area contributed by atoms with Crippen molar-refractivity contribution in [3.05, 3.63) is 66.2 Å². The summed E-state index contributed by atoms with van der Waals surface area (Å²) in [4.78, 5) is 46.8. The van der Waals surface area contributed by atoms with Crippen LogP contribution in [-0.4, -0.2) is 87.7 Å². The number of hydrogen-bond donors (Lipinski definition) is 1. The average Bonchev–Trinajstić information content (AvgIpc) is 3.52. The molecule has 12 heteroatoms. The van der Waals surface area contributed by atoms with Crippen molar-refractivity contribution in [1.29, 1.82) is 0 Å². The van der Waals surface area contributed by atoms with Crippen molar-refractivity contribution in [2.24, 2.45) is 5.92 Å². The Morgan fingerprint density at radius 3 is 2.82 bits per heavy atom. The summed E-state index contributed by atoms with van der Waals surface area (Å²) in [6.07, 6.45) is 4.23. The van der Waals surface area contributed by atoms with Gasteiger partial charge in [-0.2, -0.15) is 5.10 Å². The SMILES string of the molecule is CC(C)COc1cc2cc(c1)C(=O)N(C)CC(=O)N[C@H]1CCN(C(=O)CCCn3cncn3)C[C@@H]1OCc1cccc(c1)O2. The van der Waals surface area contributed by atoms with Crippen LogP contribution in [-0.2, 0) is 27.5 Å². The lowest BCUT2D eigenvalue weighted by atomic mass is 10.0. The van der Waals surface area contributed by atoms with Gasteiger partial charge in [0.2, 0.25) is 11.8 Å². The van der Waals surface area contributed by atoms with Gasteiger partial charge in [0.15, 0.2) is 0 Å². The molecule has 3 heterocycles. The summed E-state index contributed by atoms with van der Waals surface area (Å²) in [6, 6.07) is 12.3. The number of amides is 3. The Morgan fingerprint density at radius 1 is 1.16 bits per heavy atom. The minimum absolute atomic E-state index is 0.0317. The van der Waals surface area contributed by atoms with Crippen molar-refractivity contribution in [3.8, 4) is 17.2 Å². The Morgan fingerprint density at radius 2 is 2.02 bits per heavy atom. The van der Waals surface area contributed by atoms with Gasteiger partial charge in [0.1, 0.15) is 29.9 Å². The number of ether oxygens (including phenoxy) is 3. The Hall–Kier alpha value is -4.45. The highest BCUT2D eigenvalue weighted by molar-refractivity contribution is 5.97. The predicted molar refractivity (Wildman–Crippen MR) is 161 cm³/mol. The number of hydrogen-bond acceptors (Lipinski definition) is 8. The molecule has 3 amide bonds. The lowest BCUT2D eigenvalue weighted by Gasteiger charge is -2.39. The maximum absolute atomic E-state index is 13.4. The van der Waals surface area contributed by atoms with E-state index in [-0.39, 0.29) is 36.9 Å². The third-order valence-electron chi connectivity index (χ3n) is 7.54. The van der Waals surface area contributed by atoms with Crippen LogP contribution in [0.15, 0.2) is 55.1 Å². The predicted octanol–water partition coefficient (Wildman–Crippen LogP) is 3.27. The van der Waals surface area contributed by atoms with Crippen LogP contribution < -0.4 is 14.8 Å². The summed E-state index contributed by atoms with van der Waals surface area (Å²) in [5, 5.41) is 7.15. The fourth-order valence-electron chi connectivity index (χ4n) is 5.27. The molecule has 2 atom stereocenters. The number of rotatable bonds is 7. The van der Waals surface area contributed by atoms with Gasteiger partial charge >= 0.3 is 0 Å². The second-order valence-electron chi connectivity index (χ2n) is 11.7. The van der Waals surface area contributed by atoms with Gasteiger partial charge in [0, 0.05) is 44.7 Å². The first-order valence-corrected chi connectivity index (χ1v) is 15.0. The molecule has 1 saturated heterocycles. The number of aromatic nitrogens is 3. The molecule has 2 aliphatic rings. The first kappa shape index (κ1) is 31.0. The number of piperidine rings is 1. The minimum atomic E-state index is -0.432. The van der Waals surface area contributed by atoms with Gasteiger partial charge in [0.25, 0.3) is 5.91 Å². The third kappa shape index (κ3) is 8.34. The highest BCUT2D eigenvalue weighted by Crippen LogP contribution is 2.29. The number of nitrogens with one attached hydrogen (secondary N) is 1. The van der Waals surface area contributed by atoms with Crippen LogP contribution >= 0.6 is 0 Å². The van der Waals surface area contributed by atoms with Crippen molar-refractivity contribution in [1.82, 2.24) is 29.9 Å². The molecule has 0 aliphatic carbocycles. The molecule has 3 aromatic rings. The molecular formula is C32H40N6O6. The molecule has 0 radical (unpaired) electrons. The van der Waals surface area contributed by atoms with Crippen LogP contribution in [0.2, 0.25) is 0 Å². The van der Waals surface area contributed by atoms with E-state index in [0.717, 1.165) is 5.56 Å². The molecule has 1 aromatic heterocycles. The summed E-state index contributed by atoms with van der Waals surface area (Å²) < 4.78 is 20.2. The smallest absolute Gasteiger partial charge is 0.254 e. The lowest BCUT2D eigenvalue weighted by Crippen LogP contribution is -2.57. The quantitative estimate of drug-likeness (QED) is 0.435. The topological polar surface area (TPSA) is 128 Å². The Balaban J connectivity index is 1.34. The standard InChI is InChI=1S/C32H40N6O6/c1-22(2)18-42-26-13-24-14-27(15-26)44-25-7-4-6-23(12-25)19-43-29-16-37(31(40)8-5-10-38-21-33-20-34-38)11-9-28(29)35-30(39)17-36(3)32(24)41/h4,6-7,12-15,20-22,28-29H,5,8-11,16-19H2,1-3H3,(H,35,39)/t28-,29-/m0/s1. The third-order valence-corrected chi connectivity index (χ3v) is 7.54. The van der Waals surface area contributed by atoms with Crippen molar-refractivity contribution < 1.29 is 28.6 Å². The molecular weight excluding hydrogens is 564 g/mol. The number of aryl methyl sites for hydroxylation is 1. The average molecular weight is 605 g/mol. The van der Waals surface area contributed by atoms with E-state index in [1.165, 1.54) is 11.2 Å². The maximum Gasteiger partial charge on any atom is 0.254 e.